The number of fused-ring (bicyclic) bond motifs is 3. The number of nitrogens with zero attached hydrogens (tertiary/aromatic N) is 3. The molecule has 21 heteroatoms. The van der Waals surface area contributed by atoms with Crippen molar-refractivity contribution < 1.29 is 78.4 Å². The average Bonchev–Trinajstić information content (AvgIpc) is 3.82. The van der Waals surface area contributed by atoms with Crippen LogP contribution in [0.5, 0.6) is 17.5 Å². The van der Waals surface area contributed by atoms with Crippen LogP contribution in [0.25, 0.3) is 16.9 Å². The van der Waals surface area contributed by atoms with Gasteiger partial charge >= 0.3 is 5.97 Å². The molecule has 416 valence electrons. The van der Waals surface area contributed by atoms with Gasteiger partial charge in [0.1, 0.15) is 18.1 Å². The molecule has 0 saturated heterocycles. The lowest BCUT2D eigenvalue weighted by molar-refractivity contribution is -0.437. The number of allylic oxidation sites excluding steroid dienone is 6. The summed E-state index contributed by atoms with van der Waals surface area (Å²) in [4.78, 5) is 20.3. The summed E-state index contributed by atoms with van der Waals surface area (Å²) in [7, 11) is -5.78. The molecule has 0 bridgehead atoms. The molecule has 3 aliphatic heterocycles. The first-order chi connectivity index (χ1) is 36.8. The number of anilines is 1. The van der Waals surface area contributed by atoms with Crippen molar-refractivity contribution in [1.82, 2.24) is 4.73 Å². The summed E-state index contributed by atoms with van der Waals surface area (Å²) in [6, 6.07) is 20.6. The predicted octanol–water partition coefficient (Wildman–Crippen LogP) is 7.48. The lowest BCUT2D eigenvalue weighted by atomic mass is 9.75. The Kier molecular flexibility index (Phi) is 19.8. The van der Waals surface area contributed by atoms with Gasteiger partial charge in [0.25, 0.3) is 20.2 Å². The van der Waals surface area contributed by atoms with Gasteiger partial charge in [0.15, 0.2) is 5.71 Å². The Morgan fingerprint density at radius 2 is 1.44 bits per heavy atom. The van der Waals surface area contributed by atoms with Gasteiger partial charge in [-0.3, -0.25) is 8.74 Å². The molecule has 0 amide bonds. The van der Waals surface area contributed by atoms with Gasteiger partial charge in [0, 0.05) is 84.8 Å². The number of hydrogen-bond acceptors (Lipinski definition) is 16. The lowest BCUT2D eigenvalue weighted by Gasteiger charge is -2.44. The predicted molar refractivity (Wildman–Crippen MR) is 291 cm³/mol. The Hall–Kier alpha value is -6.14. The standard InChI is InChI=1S/C56H69N3O16S2/c1-40-39-55(2,3)58(24-25-70-28-29-72-32-33-73-31-30-71-27-26-68-5)48-38-50-45(37-44(40)48)42(35-49(74-50)41-13-8-7-9-14-41)15-10-16-51-56(4,22-11-17-54(62)75-59-52(60)20-21-53(59)61)46-36-43(77(65,66)67)18-19-47(46)57(51)23-12-34-76(63,64)69-6/h7-10,13-16,18-21,35-39H,11-12,17,22-34H2,1-6H3,(H2-,60,61,65,66,67)/p+1. The van der Waals surface area contributed by atoms with E-state index in [1.807, 2.05) is 66.1 Å². The molecule has 7 rings (SSSR count). The topological polar surface area (TPSA) is 231 Å². The summed E-state index contributed by atoms with van der Waals surface area (Å²) in [6.45, 7) is 13.3. The maximum absolute atomic E-state index is 13.1. The third-order valence-electron chi connectivity index (χ3n) is 13.6. The molecule has 1 atom stereocenters. The molecule has 0 spiro atoms. The van der Waals surface area contributed by atoms with Gasteiger partial charge in [-0.05, 0) is 76.0 Å². The van der Waals surface area contributed by atoms with Gasteiger partial charge in [-0.25, -0.2) is 4.79 Å². The first-order valence-corrected chi connectivity index (χ1v) is 28.4. The van der Waals surface area contributed by atoms with Crippen LogP contribution < -0.4 is 14.5 Å². The van der Waals surface area contributed by atoms with E-state index in [0.29, 0.717) is 99.2 Å². The Labute approximate surface area is 451 Å². The Morgan fingerprint density at radius 1 is 0.792 bits per heavy atom. The summed E-state index contributed by atoms with van der Waals surface area (Å²) in [6.07, 6.45) is 10.3. The van der Waals surface area contributed by atoms with Gasteiger partial charge in [0.05, 0.1) is 88.2 Å². The molecule has 0 radical (unpaired) electrons. The van der Waals surface area contributed by atoms with E-state index in [2.05, 4.69) is 43.9 Å². The van der Waals surface area contributed by atoms with Crippen molar-refractivity contribution in [3.05, 3.63) is 125 Å². The number of aromatic hydroxyl groups is 2. The van der Waals surface area contributed by atoms with Crippen molar-refractivity contribution in [2.24, 2.45) is 0 Å². The van der Waals surface area contributed by atoms with E-state index in [-0.39, 0.29) is 48.4 Å². The first-order valence-electron chi connectivity index (χ1n) is 25.4. The van der Waals surface area contributed by atoms with E-state index >= 15 is 0 Å². The Morgan fingerprint density at radius 3 is 2.08 bits per heavy atom. The lowest BCUT2D eigenvalue weighted by Crippen LogP contribution is -2.46. The summed E-state index contributed by atoms with van der Waals surface area (Å²) < 4.78 is 102. The zero-order valence-electron chi connectivity index (χ0n) is 44.4. The smallest absolute Gasteiger partial charge is 0.333 e. The zero-order valence-corrected chi connectivity index (χ0v) is 46.1. The largest absolute Gasteiger partial charge is 0.492 e. The second-order valence-electron chi connectivity index (χ2n) is 19.4. The monoisotopic (exact) mass is 1100 g/mol. The van der Waals surface area contributed by atoms with Crippen LogP contribution in [0, 0.1) is 0 Å². The van der Waals surface area contributed by atoms with Crippen molar-refractivity contribution >= 4 is 60.2 Å². The molecule has 1 unspecified atom stereocenters. The molecule has 4 heterocycles. The van der Waals surface area contributed by atoms with Gasteiger partial charge in [-0.2, -0.15) is 21.4 Å². The molecular weight excluding hydrogens is 1030 g/mol. The van der Waals surface area contributed by atoms with Crippen LogP contribution in [0.1, 0.15) is 75.6 Å². The molecule has 77 heavy (non-hydrogen) atoms. The molecule has 19 nitrogen and oxygen atoms in total. The third kappa shape index (κ3) is 14.7. The fourth-order valence-electron chi connectivity index (χ4n) is 9.78. The first kappa shape index (κ1) is 58.5. The number of aromatic nitrogens is 1. The van der Waals surface area contributed by atoms with Crippen molar-refractivity contribution in [3.8, 4) is 17.5 Å². The summed E-state index contributed by atoms with van der Waals surface area (Å²) in [5.74, 6) is -0.757. The highest BCUT2D eigenvalue weighted by molar-refractivity contribution is 7.86. The number of carbonyl (C=O) groups is 1. The number of rotatable bonds is 29. The van der Waals surface area contributed by atoms with Crippen LogP contribution in [0.3, 0.4) is 0 Å². The molecule has 3 aliphatic rings. The molecule has 3 aromatic carbocycles. The molecule has 0 aliphatic carbocycles. The number of ether oxygens (including phenoxy) is 6. The van der Waals surface area contributed by atoms with Gasteiger partial charge < -0.3 is 48.4 Å². The van der Waals surface area contributed by atoms with E-state index in [1.165, 1.54) is 24.3 Å². The van der Waals surface area contributed by atoms with Crippen molar-refractivity contribution in [1.29, 1.82) is 0 Å². The van der Waals surface area contributed by atoms with Crippen LogP contribution >= 0.6 is 0 Å². The zero-order chi connectivity index (χ0) is 55.4. The quantitative estimate of drug-likeness (QED) is 0.0207. The maximum atomic E-state index is 13.1. The second-order valence-corrected chi connectivity index (χ2v) is 22.6. The molecule has 3 N–H and O–H groups in total. The highest BCUT2D eigenvalue weighted by atomic mass is 32.2. The Balaban J connectivity index is 1.19. The van der Waals surface area contributed by atoms with Crippen LogP contribution in [-0.4, -0.2) is 151 Å². The molecular formula is C56H70N3O16S2+. The minimum absolute atomic E-state index is 0.129. The number of benzene rings is 3. The normalized spacial score (nSPS) is 17.5. The van der Waals surface area contributed by atoms with E-state index in [9.17, 15) is 36.4 Å². The molecule has 0 saturated carbocycles. The molecule has 4 aromatic rings. The molecule has 0 fully saturated rings. The Bertz CT molecular complexity index is 3110. The van der Waals surface area contributed by atoms with Crippen LogP contribution in [0.2, 0.25) is 0 Å². The fourth-order valence-corrected chi connectivity index (χ4v) is 10.9. The average molecular weight is 1110 g/mol. The van der Waals surface area contributed by atoms with Crippen LogP contribution in [0.15, 0.2) is 108 Å². The highest BCUT2D eigenvalue weighted by Crippen LogP contribution is 2.48. The van der Waals surface area contributed by atoms with Crippen molar-refractivity contribution in [3.63, 3.8) is 0 Å². The van der Waals surface area contributed by atoms with Gasteiger partial charge in [-0.1, -0.05) is 48.6 Å². The highest BCUT2D eigenvalue weighted by Gasteiger charge is 2.48. The van der Waals surface area contributed by atoms with Gasteiger partial charge in [0.2, 0.25) is 17.4 Å². The van der Waals surface area contributed by atoms with E-state index in [0.717, 1.165) is 40.6 Å². The van der Waals surface area contributed by atoms with E-state index in [4.69, 9.17) is 37.4 Å². The SMILES string of the molecule is COCCOCCOCCOCCOCCN1c2cc3c(cc2C(C)=CC1(C)C)C(=CC=CC1=[N+](CCCS(=O)(=O)OC)c2ccc(S(=O)(=O)O)cc2C1(C)CCCC(=O)On1c(O)ccc1O)C=C(c1ccccc1)O3. The van der Waals surface area contributed by atoms with Crippen molar-refractivity contribution in [2.45, 2.75) is 69.2 Å². The summed E-state index contributed by atoms with van der Waals surface area (Å²) in [5.41, 5.74) is 5.94. The summed E-state index contributed by atoms with van der Waals surface area (Å²) >= 11 is 0. The van der Waals surface area contributed by atoms with E-state index in [1.54, 1.807) is 13.2 Å². The number of hydrogen-bond donors (Lipinski definition) is 3. The van der Waals surface area contributed by atoms with Crippen LogP contribution in [0.4, 0.5) is 11.4 Å². The number of methoxy groups -OCH3 is 1. The minimum Gasteiger partial charge on any atom is -0.492 e. The molecule has 1 aromatic heterocycles. The van der Waals surface area contributed by atoms with Crippen molar-refractivity contribution in [2.75, 3.05) is 97.4 Å². The minimum atomic E-state index is -4.66. The second kappa shape index (κ2) is 26.0. The maximum Gasteiger partial charge on any atom is 0.333 e. The number of carbonyl (C=O) groups excluding carboxylic acids is 1. The summed E-state index contributed by atoms with van der Waals surface area (Å²) in [5, 5.41) is 20.1. The third-order valence-corrected chi connectivity index (χ3v) is 15.7. The fraction of sp³-hybridized carbons (Fsp3) is 0.429. The van der Waals surface area contributed by atoms with E-state index < -0.39 is 43.4 Å². The van der Waals surface area contributed by atoms with Crippen LogP contribution in [-0.2, 0) is 58.3 Å². The van der Waals surface area contributed by atoms with Gasteiger partial charge in [-0.15, -0.1) is 4.73 Å².